The van der Waals surface area contributed by atoms with Gasteiger partial charge in [0.05, 0.1) is 5.50 Å². The standard InChI is InChI=1S/C5H10Cl2N2/c1-8-3-4(6)9(2)5(8)7/h4-5H,3H2,1-2H3. The van der Waals surface area contributed by atoms with Gasteiger partial charge in [0.1, 0.15) is 5.62 Å². The van der Waals surface area contributed by atoms with Crippen LogP contribution in [-0.2, 0) is 0 Å². The molecule has 1 rings (SSSR count). The fraction of sp³-hybridized carbons (Fsp3) is 1.00. The lowest BCUT2D eigenvalue weighted by molar-refractivity contribution is 0.266. The first kappa shape index (κ1) is 7.61. The van der Waals surface area contributed by atoms with Gasteiger partial charge in [-0.2, -0.15) is 0 Å². The van der Waals surface area contributed by atoms with E-state index in [4.69, 9.17) is 23.2 Å². The van der Waals surface area contributed by atoms with Crippen LogP contribution in [0.4, 0.5) is 0 Å². The monoisotopic (exact) mass is 168 g/mol. The molecule has 1 aliphatic rings. The highest BCUT2D eigenvalue weighted by molar-refractivity contribution is 6.23. The van der Waals surface area contributed by atoms with Crippen LogP contribution < -0.4 is 0 Å². The molecule has 0 aromatic rings. The minimum absolute atomic E-state index is 0.0347. The molecule has 1 saturated heterocycles. The Bertz CT molecular complexity index is 97.1. The maximum absolute atomic E-state index is 5.88. The summed E-state index contributed by atoms with van der Waals surface area (Å²) in [5.41, 5.74) is 0.0324. The van der Waals surface area contributed by atoms with Crippen molar-refractivity contribution in [1.82, 2.24) is 9.80 Å². The van der Waals surface area contributed by atoms with Crippen molar-refractivity contribution in [2.24, 2.45) is 0 Å². The molecule has 2 atom stereocenters. The number of rotatable bonds is 0. The Morgan fingerprint density at radius 2 is 1.89 bits per heavy atom. The van der Waals surface area contributed by atoms with Crippen molar-refractivity contribution in [2.45, 2.75) is 11.1 Å². The molecule has 0 aliphatic carbocycles. The SMILES string of the molecule is CN1CC(Cl)N(C)C1Cl. The van der Waals surface area contributed by atoms with Crippen LogP contribution in [0.2, 0.25) is 0 Å². The summed E-state index contributed by atoms with van der Waals surface area (Å²) in [4.78, 5) is 3.92. The predicted molar refractivity (Wildman–Crippen MR) is 39.7 cm³/mol. The van der Waals surface area contributed by atoms with Gasteiger partial charge in [0.2, 0.25) is 0 Å². The number of hydrogen-bond donors (Lipinski definition) is 0. The van der Waals surface area contributed by atoms with E-state index in [0.29, 0.717) is 0 Å². The topological polar surface area (TPSA) is 6.48 Å². The average molecular weight is 169 g/mol. The van der Waals surface area contributed by atoms with E-state index in [0.717, 1.165) is 6.54 Å². The van der Waals surface area contributed by atoms with Crippen LogP contribution in [0, 0.1) is 0 Å². The molecule has 9 heavy (non-hydrogen) atoms. The first-order valence-corrected chi connectivity index (χ1v) is 3.70. The minimum Gasteiger partial charge on any atom is -0.276 e. The smallest absolute Gasteiger partial charge is 0.141 e. The van der Waals surface area contributed by atoms with Gasteiger partial charge in [0.15, 0.2) is 0 Å². The molecule has 4 heteroatoms. The Morgan fingerprint density at radius 1 is 1.33 bits per heavy atom. The molecule has 0 saturated carbocycles. The maximum Gasteiger partial charge on any atom is 0.141 e. The third-order valence-corrected chi connectivity index (χ3v) is 2.67. The summed E-state index contributed by atoms with van der Waals surface area (Å²) in [7, 11) is 3.87. The molecule has 54 valence electrons. The normalized spacial score (nSPS) is 40.0. The number of nitrogens with zero attached hydrogens (tertiary/aromatic N) is 2. The van der Waals surface area contributed by atoms with E-state index in [9.17, 15) is 0 Å². The molecule has 2 nitrogen and oxygen atoms in total. The summed E-state index contributed by atoms with van der Waals surface area (Å²) in [5.74, 6) is 0. The zero-order valence-electron chi connectivity index (χ0n) is 5.51. The van der Waals surface area contributed by atoms with Crippen LogP contribution in [0.5, 0.6) is 0 Å². The summed E-state index contributed by atoms with van der Waals surface area (Å²) in [6, 6.07) is 0. The van der Waals surface area contributed by atoms with Crippen molar-refractivity contribution in [3.8, 4) is 0 Å². The molecule has 2 unspecified atom stereocenters. The van der Waals surface area contributed by atoms with E-state index < -0.39 is 0 Å². The lowest BCUT2D eigenvalue weighted by Crippen LogP contribution is -2.29. The summed E-state index contributed by atoms with van der Waals surface area (Å²) < 4.78 is 0. The van der Waals surface area contributed by atoms with E-state index in [1.165, 1.54) is 0 Å². The van der Waals surface area contributed by atoms with Gasteiger partial charge in [-0.15, -0.1) is 11.6 Å². The second-order valence-electron chi connectivity index (χ2n) is 2.35. The van der Waals surface area contributed by atoms with E-state index >= 15 is 0 Å². The lowest BCUT2D eigenvalue weighted by atomic mass is 10.6. The quantitative estimate of drug-likeness (QED) is 0.393. The van der Waals surface area contributed by atoms with Crippen LogP contribution >= 0.6 is 23.2 Å². The minimum atomic E-state index is -0.0347. The zero-order chi connectivity index (χ0) is 7.02. The van der Waals surface area contributed by atoms with Crippen molar-refractivity contribution in [3.05, 3.63) is 0 Å². The van der Waals surface area contributed by atoms with Crippen molar-refractivity contribution >= 4 is 23.2 Å². The fourth-order valence-electron chi connectivity index (χ4n) is 0.898. The van der Waals surface area contributed by atoms with Crippen LogP contribution in [0.15, 0.2) is 0 Å². The van der Waals surface area contributed by atoms with Crippen molar-refractivity contribution in [2.75, 3.05) is 20.6 Å². The molecule has 1 fully saturated rings. The van der Waals surface area contributed by atoms with Gasteiger partial charge in [0.25, 0.3) is 0 Å². The fourth-order valence-corrected chi connectivity index (χ4v) is 1.50. The molecule has 0 aromatic heterocycles. The van der Waals surface area contributed by atoms with Crippen LogP contribution in [0.25, 0.3) is 0 Å². The lowest BCUT2D eigenvalue weighted by Gasteiger charge is -2.17. The first-order valence-electron chi connectivity index (χ1n) is 2.83. The number of halogens is 2. The van der Waals surface area contributed by atoms with Crippen LogP contribution in [-0.4, -0.2) is 41.6 Å². The highest BCUT2D eigenvalue weighted by Crippen LogP contribution is 2.21. The predicted octanol–water partition coefficient (Wildman–Crippen LogP) is 0.951. The van der Waals surface area contributed by atoms with Gasteiger partial charge in [-0.25, -0.2) is 0 Å². The molecule has 0 amide bonds. The summed E-state index contributed by atoms with van der Waals surface area (Å²) >= 11 is 11.7. The molecule has 0 radical (unpaired) electrons. The molecule has 0 N–H and O–H groups in total. The Labute approximate surface area is 65.3 Å². The highest BCUT2D eigenvalue weighted by atomic mass is 35.5. The molecular weight excluding hydrogens is 159 g/mol. The van der Waals surface area contributed by atoms with E-state index in [1.54, 1.807) is 0 Å². The second kappa shape index (κ2) is 2.62. The van der Waals surface area contributed by atoms with Crippen LogP contribution in [0.1, 0.15) is 0 Å². The molecule has 0 aromatic carbocycles. The summed E-state index contributed by atoms with van der Waals surface area (Å²) in [5, 5.41) is 0. The van der Waals surface area contributed by atoms with Crippen LogP contribution in [0.3, 0.4) is 0 Å². The van der Waals surface area contributed by atoms with Crippen molar-refractivity contribution < 1.29 is 0 Å². The largest absolute Gasteiger partial charge is 0.276 e. The number of likely N-dealkylation sites (N-methyl/N-ethyl adjacent to an activating group) is 2. The Kier molecular flexibility index (Phi) is 2.22. The molecule has 0 spiro atoms. The Morgan fingerprint density at radius 3 is 2.00 bits per heavy atom. The zero-order valence-corrected chi connectivity index (χ0v) is 7.02. The summed E-state index contributed by atoms with van der Waals surface area (Å²) in [6.45, 7) is 0.840. The maximum atomic E-state index is 5.88. The first-order chi connectivity index (χ1) is 4.13. The second-order valence-corrected chi connectivity index (χ2v) is 3.24. The molecule has 1 aliphatic heterocycles. The third-order valence-electron chi connectivity index (χ3n) is 1.58. The van der Waals surface area contributed by atoms with Crippen molar-refractivity contribution in [3.63, 3.8) is 0 Å². The molecule has 0 bridgehead atoms. The van der Waals surface area contributed by atoms with Crippen molar-refractivity contribution in [1.29, 1.82) is 0 Å². The average Bonchev–Trinajstić information content (AvgIpc) is 1.98. The van der Waals surface area contributed by atoms with E-state index in [2.05, 4.69) is 0 Å². The Hall–Kier alpha value is 0.500. The molecule has 1 heterocycles. The molecular formula is C5H10Cl2N2. The van der Waals surface area contributed by atoms with E-state index in [1.807, 2.05) is 23.9 Å². The third kappa shape index (κ3) is 1.32. The van der Waals surface area contributed by atoms with Gasteiger partial charge in [-0.05, 0) is 14.1 Å². The van der Waals surface area contributed by atoms with Gasteiger partial charge in [-0.1, -0.05) is 11.6 Å². The highest BCUT2D eigenvalue weighted by Gasteiger charge is 2.31. The number of alkyl halides is 2. The van der Waals surface area contributed by atoms with Gasteiger partial charge in [-0.3, -0.25) is 9.80 Å². The number of hydrogen-bond acceptors (Lipinski definition) is 2. The van der Waals surface area contributed by atoms with Gasteiger partial charge in [0, 0.05) is 6.54 Å². The van der Waals surface area contributed by atoms with E-state index in [-0.39, 0.29) is 11.1 Å². The Balaban J connectivity index is 2.54. The van der Waals surface area contributed by atoms with Gasteiger partial charge >= 0.3 is 0 Å². The van der Waals surface area contributed by atoms with Gasteiger partial charge < -0.3 is 0 Å². The summed E-state index contributed by atoms with van der Waals surface area (Å²) in [6.07, 6.45) is 0.